The van der Waals surface area contributed by atoms with E-state index in [1.165, 1.54) is 0 Å². The third-order valence-corrected chi connectivity index (χ3v) is 1.20. The minimum atomic E-state index is -1.45. The Bertz CT molecular complexity index is 172. The lowest BCUT2D eigenvalue weighted by Crippen LogP contribution is -2.10. The topological polar surface area (TPSA) is 112 Å². The van der Waals surface area contributed by atoms with Gasteiger partial charge >= 0.3 is 12.3 Å². The van der Waals surface area contributed by atoms with Gasteiger partial charge in [-0.2, -0.15) is 0 Å². The molecule has 0 atom stereocenters. The van der Waals surface area contributed by atoms with E-state index in [1.807, 2.05) is 6.92 Å². The molecule has 0 heterocycles. The van der Waals surface area contributed by atoms with E-state index in [1.54, 1.807) is 14.2 Å². The number of rotatable bonds is 5. The molecular weight excluding hydrogens is 224 g/mol. The maximum Gasteiger partial charge on any atom is 0.505 e. The maximum absolute atomic E-state index is 9.62. The molecular formula is C8H16O8. The summed E-state index contributed by atoms with van der Waals surface area (Å²) >= 11 is 0. The number of hydrogen-bond donors (Lipinski definition) is 2. The Morgan fingerprint density at radius 3 is 1.44 bits per heavy atom. The molecule has 8 nitrogen and oxygen atoms in total. The van der Waals surface area contributed by atoms with Crippen LogP contribution in [0.2, 0.25) is 0 Å². The van der Waals surface area contributed by atoms with Gasteiger partial charge in [-0.05, 0) is 6.92 Å². The van der Waals surface area contributed by atoms with Gasteiger partial charge in [-0.25, -0.2) is 9.59 Å². The van der Waals surface area contributed by atoms with Crippen molar-refractivity contribution >= 4 is 12.3 Å². The summed E-state index contributed by atoms with van der Waals surface area (Å²) in [6.07, 6.45) is -2.96. The first-order valence-corrected chi connectivity index (χ1v) is 4.21. The van der Waals surface area contributed by atoms with Crippen LogP contribution in [0, 0.1) is 0 Å². The van der Waals surface area contributed by atoms with Gasteiger partial charge < -0.3 is 29.2 Å². The highest BCUT2D eigenvalue weighted by molar-refractivity contribution is 5.57. The van der Waals surface area contributed by atoms with Gasteiger partial charge in [0.05, 0.1) is 0 Å². The van der Waals surface area contributed by atoms with Crippen molar-refractivity contribution in [1.29, 1.82) is 0 Å². The zero-order chi connectivity index (χ0) is 13.0. The van der Waals surface area contributed by atoms with Crippen molar-refractivity contribution in [2.45, 2.75) is 13.2 Å². The van der Waals surface area contributed by atoms with E-state index in [4.69, 9.17) is 10.2 Å². The molecule has 0 aromatic heterocycles. The summed E-state index contributed by atoms with van der Waals surface area (Å²) < 4.78 is 17.2. The molecule has 0 aromatic carbocycles. The molecule has 0 aliphatic rings. The largest absolute Gasteiger partial charge is 0.505 e. The van der Waals surface area contributed by atoms with Crippen LogP contribution in [0.3, 0.4) is 0 Å². The van der Waals surface area contributed by atoms with Gasteiger partial charge in [-0.1, -0.05) is 0 Å². The number of methoxy groups -OCH3 is 2. The summed E-state index contributed by atoms with van der Waals surface area (Å²) in [4.78, 5) is 19.2. The molecule has 0 unspecified atom stereocenters. The van der Waals surface area contributed by atoms with E-state index in [2.05, 4.69) is 18.9 Å². The summed E-state index contributed by atoms with van der Waals surface area (Å²) in [6.45, 7) is 1.28. The van der Waals surface area contributed by atoms with Crippen molar-refractivity contribution in [3.8, 4) is 0 Å². The fourth-order valence-corrected chi connectivity index (χ4v) is 0.354. The molecule has 16 heavy (non-hydrogen) atoms. The van der Waals surface area contributed by atoms with Crippen molar-refractivity contribution in [1.82, 2.24) is 0 Å². The van der Waals surface area contributed by atoms with Gasteiger partial charge in [0, 0.05) is 14.2 Å². The Labute approximate surface area is 92.7 Å². The van der Waals surface area contributed by atoms with Crippen LogP contribution in [-0.4, -0.2) is 56.2 Å². The third-order valence-electron chi connectivity index (χ3n) is 1.20. The van der Waals surface area contributed by atoms with E-state index in [0.717, 1.165) is 0 Å². The summed E-state index contributed by atoms with van der Waals surface area (Å²) in [7, 11) is 3.21. The van der Waals surface area contributed by atoms with Gasteiger partial charge in [-0.15, -0.1) is 0 Å². The Balaban J connectivity index is 0. The molecule has 96 valence electrons. The quantitative estimate of drug-likeness (QED) is 0.416. The van der Waals surface area contributed by atoms with Crippen LogP contribution in [0.25, 0.3) is 0 Å². The van der Waals surface area contributed by atoms with Crippen molar-refractivity contribution in [3.05, 3.63) is 0 Å². The van der Waals surface area contributed by atoms with Crippen molar-refractivity contribution in [3.63, 3.8) is 0 Å². The van der Waals surface area contributed by atoms with Crippen molar-refractivity contribution in [2.24, 2.45) is 0 Å². The molecule has 2 N–H and O–H groups in total. The van der Waals surface area contributed by atoms with Crippen LogP contribution in [0.5, 0.6) is 0 Å². The second-order valence-electron chi connectivity index (χ2n) is 2.27. The monoisotopic (exact) mass is 240 g/mol. The minimum absolute atomic E-state index is 0.0648. The fraction of sp³-hybridized carbons (Fsp3) is 0.750. The molecule has 0 saturated heterocycles. The first-order valence-electron chi connectivity index (χ1n) is 4.21. The second kappa shape index (κ2) is 11.5. The number of hydrogen-bond acceptors (Lipinski definition) is 6. The first kappa shape index (κ1) is 16.9. The van der Waals surface area contributed by atoms with Crippen molar-refractivity contribution in [2.75, 3.05) is 27.4 Å². The summed E-state index contributed by atoms with van der Waals surface area (Å²) in [5.74, 6) is 0. The molecule has 0 bridgehead atoms. The predicted octanol–water partition coefficient (Wildman–Crippen LogP) is 1.00. The molecule has 0 fully saturated rings. The summed E-state index contributed by atoms with van der Waals surface area (Å²) in [5, 5.41) is 15.7. The predicted molar refractivity (Wildman–Crippen MR) is 51.4 cm³/mol. The summed E-state index contributed by atoms with van der Waals surface area (Å²) in [6, 6.07) is 0. The normalized spacial score (nSPS) is 9.00. The number of ether oxygens (including phenoxy) is 4. The van der Waals surface area contributed by atoms with Gasteiger partial charge in [0.25, 0.3) is 0 Å². The zero-order valence-corrected chi connectivity index (χ0v) is 9.34. The van der Waals surface area contributed by atoms with Crippen LogP contribution in [0.15, 0.2) is 0 Å². The molecule has 0 radical (unpaired) electrons. The van der Waals surface area contributed by atoms with Gasteiger partial charge in [0.15, 0.2) is 6.29 Å². The second-order valence-corrected chi connectivity index (χ2v) is 2.27. The van der Waals surface area contributed by atoms with E-state index in [9.17, 15) is 9.59 Å². The van der Waals surface area contributed by atoms with Gasteiger partial charge in [0.2, 0.25) is 0 Å². The van der Waals surface area contributed by atoms with Gasteiger partial charge in [0.1, 0.15) is 13.2 Å². The molecule has 0 aromatic rings. The Morgan fingerprint density at radius 2 is 1.31 bits per heavy atom. The molecule has 8 heteroatoms. The number of carbonyl (C=O) groups is 2. The lowest BCUT2D eigenvalue weighted by atomic mass is 10.8. The van der Waals surface area contributed by atoms with Crippen LogP contribution in [0.4, 0.5) is 9.59 Å². The van der Waals surface area contributed by atoms with E-state index in [0.29, 0.717) is 0 Å². The smallest absolute Gasteiger partial charge is 0.450 e. The van der Waals surface area contributed by atoms with E-state index < -0.39 is 12.3 Å². The van der Waals surface area contributed by atoms with E-state index in [-0.39, 0.29) is 19.5 Å². The first-order chi connectivity index (χ1) is 7.43. The van der Waals surface area contributed by atoms with Crippen LogP contribution in [-0.2, 0) is 18.9 Å². The summed E-state index contributed by atoms with van der Waals surface area (Å²) in [5.41, 5.74) is 0. The number of carboxylic acid groups (broad SMARTS) is 2. The Kier molecular flexibility index (Phi) is 12.2. The molecule has 0 aliphatic heterocycles. The Hall–Kier alpha value is -1.54. The molecule has 0 rings (SSSR count). The average molecular weight is 240 g/mol. The molecule has 0 amide bonds. The highest BCUT2D eigenvalue weighted by Crippen LogP contribution is 1.83. The third kappa shape index (κ3) is 18.3. The van der Waals surface area contributed by atoms with Crippen molar-refractivity contribution < 1.29 is 38.7 Å². The molecule has 0 saturated carbocycles. The van der Waals surface area contributed by atoms with Crippen LogP contribution < -0.4 is 0 Å². The Morgan fingerprint density at radius 1 is 1.00 bits per heavy atom. The molecule has 0 spiro atoms. The highest BCUT2D eigenvalue weighted by Gasteiger charge is 1.98. The lowest BCUT2D eigenvalue weighted by Gasteiger charge is -2.03. The van der Waals surface area contributed by atoms with Gasteiger partial charge in [-0.3, -0.25) is 0 Å². The zero-order valence-electron chi connectivity index (χ0n) is 9.34. The standard InChI is InChI=1S/C4H6O6.C4H10O2/c5-3(6)9-1-2-10-4(7)8;1-4(5-2)6-3/h1-2H2,(H,5,6)(H,7,8);4H,1-3H3. The van der Waals surface area contributed by atoms with E-state index >= 15 is 0 Å². The fourth-order valence-electron chi connectivity index (χ4n) is 0.354. The average Bonchev–Trinajstić information content (AvgIpc) is 2.23. The lowest BCUT2D eigenvalue weighted by molar-refractivity contribution is -0.0877. The maximum atomic E-state index is 9.62. The minimum Gasteiger partial charge on any atom is -0.450 e. The molecule has 0 aliphatic carbocycles. The van der Waals surface area contributed by atoms with Crippen LogP contribution >= 0.6 is 0 Å². The highest BCUT2D eigenvalue weighted by atomic mass is 16.7. The van der Waals surface area contributed by atoms with Crippen LogP contribution in [0.1, 0.15) is 6.92 Å². The SMILES string of the molecule is COC(C)OC.O=C(O)OCCOC(=O)O.